The highest BCUT2D eigenvalue weighted by Crippen LogP contribution is 2.48. The van der Waals surface area contributed by atoms with Crippen LogP contribution in [0.1, 0.15) is 32.1 Å². The van der Waals surface area contributed by atoms with E-state index >= 15 is 0 Å². The zero-order valence-corrected chi connectivity index (χ0v) is 10.7. The molecule has 0 heterocycles. The van der Waals surface area contributed by atoms with Crippen LogP contribution in [0.5, 0.6) is 0 Å². The molecule has 1 aliphatic rings. The second-order valence-electron chi connectivity index (χ2n) is 2.81. The molecule has 0 atom stereocenters. The monoisotopic (exact) mass is 246 g/mol. The Hall–Kier alpha value is 0.840. The van der Waals surface area contributed by atoms with Gasteiger partial charge in [-0.15, -0.1) is 11.8 Å². The Morgan fingerprint density at radius 3 is 1.92 bits per heavy atom. The lowest BCUT2D eigenvalue weighted by molar-refractivity contribution is -0.284. The fraction of sp³-hybridized carbons (Fsp3) is 1.00. The average Bonchev–Trinajstić information content (AvgIpc) is 1.85. The molecule has 0 spiro atoms. The van der Waals surface area contributed by atoms with Gasteiger partial charge in [0.05, 0.1) is 0 Å². The second-order valence-corrected chi connectivity index (χ2v) is 8.79. The molecule has 1 aliphatic carbocycles. The molecule has 0 aromatic rings. The molecule has 8 N–H and O–H groups in total. The van der Waals surface area contributed by atoms with Crippen LogP contribution in [0.3, 0.4) is 0 Å². The first-order chi connectivity index (χ1) is 5.08. The summed E-state index contributed by atoms with van der Waals surface area (Å²) in [5, 5.41) is 0.282. The lowest BCUT2D eigenvalue weighted by atomic mass is 10.0. The molecule has 4 nitrogen and oxygen atoms in total. The first-order valence-electron chi connectivity index (χ1n) is 3.78. The minimum Gasteiger partial charge on any atom is -0.825 e. The number of rotatable bonds is 2. The van der Waals surface area contributed by atoms with Crippen molar-refractivity contribution in [2.24, 2.45) is 0 Å². The van der Waals surface area contributed by atoms with Crippen molar-refractivity contribution in [1.29, 1.82) is 0 Å². The normalized spacial score (nSPS) is 18.6. The van der Waals surface area contributed by atoms with Crippen LogP contribution in [0, 0.1) is 0 Å². The average molecular weight is 246 g/mol. The third-order valence-electron chi connectivity index (χ3n) is 1.83. The molecule has 0 radical (unpaired) electrons. The molecule has 0 saturated heterocycles. The minimum atomic E-state index is -3.48. The summed E-state index contributed by atoms with van der Waals surface area (Å²) in [4.78, 5) is 21.4. The molecule has 0 aromatic heterocycles. The third-order valence-corrected chi connectivity index (χ3v) is 5.30. The number of quaternary nitrogens is 2. The third kappa shape index (κ3) is 7.88. The van der Waals surface area contributed by atoms with Gasteiger partial charge in [0.25, 0.3) is 0 Å². The van der Waals surface area contributed by atoms with Gasteiger partial charge >= 0.3 is 0 Å². The molecule has 1 rings (SSSR count). The highest BCUT2D eigenvalue weighted by Gasteiger charge is 2.13. The van der Waals surface area contributed by atoms with Gasteiger partial charge in [0.15, 0.2) is 0 Å². The fourth-order valence-electron chi connectivity index (χ4n) is 1.35. The summed E-state index contributed by atoms with van der Waals surface area (Å²) in [5.74, 6) is 0. The van der Waals surface area contributed by atoms with Crippen molar-refractivity contribution in [2.75, 3.05) is 0 Å². The maximum absolute atomic E-state index is 10.7. The summed E-state index contributed by atoms with van der Waals surface area (Å²) in [5.41, 5.74) is -3.48. The molecule has 0 unspecified atom stereocenters. The van der Waals surface area contributed by atoms with Crippen molar-refractivity contribution >= 4 is 28.9 Å². The molecule has 13 heavy (non-hydrogen) atoms. The van der Waals surface area contributed by atoms with E-state index in [1.807, 2.05) is 0 Å². The first kappa shape index (κ1) is 16.3. The van der Waals surface area contributed by atoms with Gasteiger partial charge in [-0.25, -0.2) is 0 Å². The van der Waals surface area contributed by atoms with Crippen molar-refractivity contribution in [1.82, 2.24) is 12.3 Å². The van der Waals surface area contributed by atoms with Crippen molar-refractivity contribution < 1.29 is 9.79 Å². The SMILES string of the molecule is [NH4+].[NH4+].[O-]P([O-])(=S)SC1CCCCC1. The smallest absolute Gasteiger partial charge is 0.00725 e. The lowest BCUT2D eigenvalue weighted by Gasteiger charge is -2.38. The van der Waals surface area contributed by atoms with E-state index in [2.05, 4.69) is 11.8 Å². The number of hydrogen-bond acceptors (Lipinski definition) is 4. The minimum absolute atomic E-state index is 0. The van der Waals surface area contributed by atoms with Gasteiger partial charge in [-0.3, -0.25) is 0 Å². The summed E-state index contributed by atoms with van der Waals surface area (Å²) in [7, 11) is 0. The lowest BCUT2D eigenvalue weighted by Crippen LogP contribution is -2.16. The van der Waals surface area contributed by atoms with Gasteiger partial charge in [0.2, 0.25) is 0 Å². The molecule has 82 valence electrons. The van der Waals surface area contributed by atoms with Crippen LogP contribution in [0.25, 0.3) is 0 Å². The largest absolute Gasteiger partial charge is 0.825 e. The van der Waals surface area contributed by atoms with E-state index in [9.17, 15) is 9.79 Å². The molecule has 0 bridgehead atoms. The topological polar surface area (TPSA) is 119 Å². The van der Waals surface area contributed by atoms with Gasteiger partial charge in [-0.1, -0.05) is 19.3 Å². The van der Waals surface area contributed by atoms with Crippen LogP contribution in [0.4, 0.5) is 0 Å². The van der Waals surface area contributed by atoms with E-state index in [1.54, 1.807) is 0 Å². The van der Waals surface area contributed by atoms with Gasteiger partial charge in [0.1, 0.15) is 0 Å². The van der Waals surface area contributed by atoms with Gasteiger partial charge < -0.3 is 22.1 Å². The van der Waals surface area contributed by atoms with Crippen LogP contribution in [0.15, 0.2) is 0 Å². The summed E-state index contributed by atoms with van der Waals surface area (Å²) in [6, 6.07) is 0. The highest BCUT2D eigenvalue weighted by molar-refractivity contribution is 8.66. The Bertz CT molecular complexity index is 170. The molecule has 0 aromatic carbocycles. The van der Waals surface area contributed by atoms with Crippen molar-refractivity contribution in [3.8, 4) is 0 Å². The summed E-state index contributed by atoms with van der Waals surface area (Å²) in [6.07, 6.45) is 5.61. The first-order valence-corrected chi connectivity index (χ1v) is 7.91. The molecular weight excluding hydrogens is 227 g/mol. The van der Waals surface area contributed by atoms with Crippen molar-refractivity contribution in [3.63, 3.8) is 0 Å². The van der Waals surface area contributed by atoms with Gasteiger partial charge in [-0.05, 0) is 12.8 Å². The Balaban J connectivity index is 0. The molecule has 0 amide bonds. The van der Waals surface area contributed by atoms with E-state index in [4.69, 9.17) is 0 Å². The molecule has 7 heteroatoms. The van der Waals surface area contributed by atoms with Gasteiger partial charge in [0, 0.05) is 5.25 Å². The van der Waals surface area contributed by atoms with E-state index in [0.717, 1.165) is 37.1 Å². The predicted octanol–water partition coefficient (Wildman–Crippen LogP) is 1.75. The van der Waals surface area contributed by atoms with Crippen LogP contribution in [-0.4, -0.2) is 5.25 Å². The molecule has 1 saturated carbocycles. The van der Waals surface area contributed by atoms with Crippen LogP contribution in [0.2, 0.25) is 0 Å². The summed E-state index contributed by atoms with van der Waals surface area (Å²) < 4.78 is 0. The molecule has 1 fully saturated rings. The predicted molar refractivity (Wildman–Crippen MR) is 60.7 cm³/mol. The zero-order valence-electron chi connectivity index (χ0n) is 8.19. The second kappa shape index (κ2) is 7.17. The number of hydrogen-bond donors (Lipinski definition) is 2. The maximum Gasteiger partial charge on any atom is 0.00725 e. The zero-order chi connectivity index (χ0) is 8.32. The fourth-order valence-corrected chi connectivity index (χ4v) is 5.09. The quantitative estimate of drug-likeness (QED) is 0.721. The Labute approximate surface area is 88.6 Å². The van der Waals surface area contributed by atoms with Gasteiger partial charge in [-0.2, -0.15) is 17.1 Å². The molecule has 0 aliphatic heterocycles. The van der Waals surface area contributed by atoms with Crippen LogP contribution in [-0.2, 0) is 11.8 Å². The Morgan fingerprint density at radius 2 is 1.54 bits per heavy atom. The van der Waals surface area contributed by atoms with E-state index < -0.39 is 5.69 Å². The maximum atomic E-state index is 10.7. The Kier molecular flexibility index (Phi) is 8.98. The van der Waals surface area contributed by atoms with E-state index in [0.29, 0.717) is 0 Å². The molecular formula is C6H19N2O2PS2. The van der Waals surface area contributed by atoms with Crippen molar-refractivity contribution in [3.05, 3.63) is 0 Å². The Morgan fingerprint density at radius 1 is 1.08 bits per heavy atom. The van der Waals surface area contributed by atoms with E-state index in [1.165, 1.54) is 6.42 Å². The van der Waals surface area contributed by atoms with Crippen LogP contribution >= 0.6 is 17.1 Å². The van der Waals surface area contributed by atoms with Crippen molar-refractivity contribution in [2.45, 2.75) is 37.4 Å². The summed E-state index contributed by atoms with van der Waals surface area (Å²) in [6.45, 7) is 0. The summed E-state index contributed by atoms with van der Waals surface area (Å²) >= 11 is 5.32. The standard InChI is InChI=1S/C6H13O2PS2.2H3N/c7-9(8,10)11-6-4-2-1-3-5-6;;/h6H,1-5H2,(H2,7,8,10);2*1H3. The van der Waals surface area contributed by atoms with Crippen LogP contribution < -0.4 is 22.1 Å². The highest BCUT2D eigenvalue weighted by atomic mass is 32.9. The van der Waals surface area contributed by atoms with E-state index in [-0.39, 0.29) is 17.6 Å².